The Labute approximate surface area is 193 Å². The molecule has 1 saturated heterocycles. The predicted octanol–water partition coefficient (Wildman–Crippen LogP) is 2.41. The number of carbonyl (C=O) groups excluding carboxylic acids is 3. The molecule has 0 bridgehead atoms. The molecule has 0 radical (unpaired) electrons. The number of benzene rings is 2. The van der Waals surface area contributed by atoms with Crippen molar-refractivity contribution in [2.45, 2.75) is 6.92 Å². The van der Waals surface area contributed by atoms with Crippen molar-refractivity contribution in [3.05, 3.63) is 58.1 Å². The first-order valence-electron chi connectivity index (χ1n) is 10.0. The van der Waals surface area contributed by atoms with Crippen LogP contribution in [0, 0.1) is 0 Å². The monoisotopic (exact) mass is 502 g/mol. The van der Waals surface area contributed by atoms with E-state index in [1.54, 1.807) is 47.4 Å². The molecular weight excluding hydrogens is 480 g/mol. The first-order valence-corrected chi connectivity index (χ1v) is 10.8. The van der Waals surface area contributed by atoms with E-state index in [2.05, 4.69) is 31.8 Å². The van der Waals surface area contributed by atoms with Crippen LogP contribution in [0.5, 0.6) is 5.75 Å². The first kappa shape index (κ1) is 23.4. The Morgan fingerprint density at radius 3 is 2.66 bits per heavy atom. The standard InChI is InChI=1S/C22H23BrN4O5/c1-2-32-16-7-8-18(23)15(13-16)14-24-26-21(29)20(28)25-19-6-4-3-5-17(19)22(30)27-9-11-31-12-10-27/h3-8,13-14H,2,9-12H2,1H3,(H,25,28)(H,26,29). The van der Waals surface area contributed by atoms with Crippen molar-refractivity contribution in [3.63, 3.8) is 0 Å². The number of nitrogens with one attached hydrogen (secondary N) is 2. The van der Waals surface area contributed by atoms with E-state index in [1.807, 2.05) is 6.92 Å². The molecule has 0 spiro atoms. The van der Waals surface area contributed by atoms with Crippen LogP contribution in [0.4, 0.5) is 5.69 Å². The molecule has 32 heavy (non-hydrogen) atoms. The zero-order valence-corrected chi connectivity index (χ0v) is 19.1. The van der Waals surface area contributed by atoms with Gasteiger partial charge in [-0.05, 0) is 37.3 Å². The van der Waals surface area contributed by atoms with E-state index in [1.165, 1.54) is 6.21 Å². The third kappa shape index (κ3) is 6.14. The average molecular weight is 503 g/mol. The second kappa shape index (κ2) is 11.4. The van der Waals surface area contributed by atoms with Gasteiger partial charge in [0.2, 0.25) is 0 Å². The van der Waals surface area contributed by atoms with Crippen LogP contribution >= 0.6 is 15.9 Å². The van der Waals surface area contributed by atoms with Gasteiger partial charge >= 0.3 is 11.8 Å². The van der Waals surface area contributed by atoms with E-state index >= 15 is 0 Å². The minimum Gasteiger partial charge on any atom is -0.494 e. The van der Waals surface area contributed by atoms with E-state index in [0.717, 1.165) is 4.47 Å². The lowest BCUT2D eigenvalue weighted by atomic mass is 10.1. The van der Waals surface area contributed by atoms with Gasteiger partial charge in [0.15, 0.2) is 0 Å². The maximum Gasteiger partial charge on any atom is 0.329 e. The Morgan fingerprint density at radius 2 is 1.91 bits per heavy atom. The predicted molar refractivity (Wildman–Crippen MR) is 123 cm³/mol. The zero-order chi connectivity index (χ0) is 22.9. The number of rotatable bonds is 6. The largest absolute Gasteiger partial charge is 0.494 e. The number of hydrogen-bond acceptors (Lipinski definition) is 6. The number of para-hydroxylation sites is 1. The van der Waals surface area contributed by atoms with Crippen LogP contribution in [0.1, 0.15) is 22.8 Å². The SMILES string of the molecule is CCOc1ccc(Br)c(C=NNC(=O)C(=O)Nc2ccccc2C(=O)N2CCOCC2)c1. The Kier molecular flexibility index (Phi) is 8.34. The van der Waals surface area contributed by atoms with E-state index < -0.39 is 11.8 Å². The summed E-state index contributed by atoms with van der Waals surface area (Å²) in [6, 6.07) is 11.9. The minimum absolute atomic E-state index is 0.235. The zero-order valence-electron chi connectivity index (χ0n) is 17.5. The molecule has 0 aromatic heterocycles. The highest BCUT2D eigenvalue weighted by Gasteiger charge is 2.22. The normalized spacial score (nSPS) is 13.6. The summed E-state index contributed by atoms with van der Waals surface area (Å²) in [5.41, 5.74) is 3.40. The fourth-order valence-electron chi connectivity index (χ4n) is 2.98. The maximum absolute atomic E-state index is 12.8. The molecule has 2 N–H and O–H groups in total. The number of carbonyl (C=O) groups is 3. The van der Waals surface area contributed by atoms with Gasteiger partial charge in [-0.1, -0.05) is 28.1 Å². The fourth-order valence-corrected chi connectivity index (χ4v) is 3.33. The quantitative estimate of drug-likeness (QED) is 0.358. The van der Waals surface area contributed by atoms with Gasteiger partial charge in [-0.3, -0.25) is 14.4 Å². The molecule has 1 aliphatic rings. The number of amides is 3. The molecule has 3 amide bonds. The lowest BCUT2D eigenvalue weighted by Crippen LogP contribution is -2.41. The molecule has 9 nitrogen and oxygen atoms in total. The van der Waals surface area contributed by atoms with Crippen LogP contribution < -0.4 is 15.5 Å². The highest BCUT2D eigenvalue weighted by molar-refractivity contribution is 9.10. The summed E-state index contributed by atoms with van der Waals surface area (Å²) in [5.74, 6) is -1.48. The molecule has 2 aromatic carbocycles. The van der Waals surface area contributed by atoms with E-state index in [-0.39, 0.29) is 11.6 Å². The number of hydrazone groups is 1. The minimum atomic E-state index is -0.966. The number of ether oxygens (including phenoxy) is 2. The van der Waals surface area contributed by atoms with Crippen molar-refractivity contribution in [3.8, 4) is 5.75 Å². The lowest BCUT2D eigenvalue weighted by Gasteiger charge is -2.27. The van der Waals surface area contributed by atoms with Gasteiger partial charge in [0.05, 0.1) is 37.3 Å². The second-order valence-corrected chi connectivity index (χ2v) is 7.57. The summed E-state index contributed by atoms with van der Waals surface area (Å²) >= 11 is 3.39. The van der Waals surface area contributed by atoms with Crippen LogP contribution in [0.25, 0.3) is 0 Å². The second-order valence-electron chi connectivity index (χ2n) is 6.72. The number of nitrogens with zero attached hydrogens (tertiary/aromatic N) is 2. The average Bonchev–Trinajstić information content (AvgIpc) is 2.81. The van der Waals surface area contributed by atoms with Gasteiger partial charge in [0.1, 0.15) is 5.75 Å². The summed E-state index contributed by atoms with van der Waals surface area (Å²) in [6.07, 6.45) is 1.40. The summed E-state index contributed by atoms with van der Waals surface area (Å²) in [6.45, 7) is 4.26. The Bertz CT molecular complexity index is 1020. The molecule has 3 rings (SSSR count). The highest BCUT2D eigenvalue weighted by atomic mass is 79.9. The Morgan fingerprint density at radius 1 is 1.16 bits per heavy atom. The number of anilines is 1. The molecule has 2 aromatic rings. The molecule has 0 aliphatic carbocycles. The van der Waals surface area contributed by atoms with Gasteiger partial charge in [-0.15, -0.1) is 0 Å². The molecule has 10 heteroatoms. The molecule has 0 saturated carbocycles. The van der Waals surface area contributed by atoms with Crippen LogP contribution in [0.2, 0.25) is 0 Å². The number of hydrogen-bond donors (Lipinski definition) is 2. The van der Waals surface area contributed by atoms with Crippen LogP contribution in [-0.2, 0) is 14.3 Å². The van der Waals surface area contributed by atoms with Gasteiger partial charge in [-0.25, -0.2) is 5.43 Å². The van der Waals surface area contributed by atoms with Crippen molar-refractivity contribution >= 4 is 45.6 Å². The Balaban J connectivity index is 1.63. The molecule has 0 unspecified atom stereocenters. The third-order valence-electron chi connectivity index (χ3n) is 4.56. The lowest BCUT2D eigenvalue weighted by molar-refractivity contribution is -0.136. The Hall–Kier alpha value is -3.24. The van der Waals surface area contributed by atoms with Gasteiger partial charge < -0.3 is 19.7 Å². The van der Waals surface area contributed by atoms with E-state index in [9.17, 15) is 14.4 Å². The number of morpholine rings is 1. The fraction of sp³-hybridized carbons (Fsp3) is 0.273. The molecule has 1 heterocycles. The van der Waals surface area contributed by atoms with Crippen LogP contribution in [0.15, 0.2) is 52.0 Å². The van der Waals surface area contributed by atoms with Crippen molar-refractivity contribution < 1.29 is 23.9 Å². The third-order valence-corrected chi connectivity index (χ3v) is 5.28. The van der Waals surface area contributed by atoms with Crippen molar-refractivity contribution in [1.82, 2.24) is 10.3 Å². The maximum atomic E-state index is 12.8. The summed E-state index contributed by atoms with van der Waals surface area (Å²) in [7, 11) is 0. The molecule has 0 atom stereocenters. The summed E-state index contributed by atoms with van der Waals surface area (Å²) < 4.78 is 11.5. The van der Waals surface area contributed by atoms with Crippen molar-refractivity contribution in [2.24, 2.45) is 5.10 Å². The molecular formula is C22H23BrN4O5. The summed E-state index contributed by atoms with van der Waals surface area (Å²) in [4.78, 5) is 39.0. The first-order chi connectivity index (χ1) is 15.5. The van der Waals surface area contributed by atoms with Crippen LogP contribution in [-0.4, -0.2) is 61.7 Å². The summed E-state index contributed by atoms with van der Waals surface area (Å²) in [5, 5.41) is 6.32. The van der Waals surface area contributed by atoms with E-state index in [4.69, 9.17) is 9.47 Å². The van der Waals surface area contributed by atoms with Crippen molar-refractivity contribution in [1.29, 1.82) is 0 Å². The molecule has 1 aliphatic heterocycles. The number of halogens is 1. The van der Waals surface area contributed by atoms with Gasteiger partial charge in [-0.2, -0.15) is 5.10 Å². The molecule has 1 fully saturated rings. The van der Waals surface area contributed by atoms with Crippen molar-refractivity contribution in [2.75, 3.05) is 38.2 Å². The van der Waals surface area contributed by atoms with E-state index in [0.29, 0.717) is 49.8 Å². The molecule has 168 valence electrons. The van der Waals surface area contributed by atoms with Gasteiger partial charge in [0.25, 0.3) is 5.91 Å². The smallest absolute Gasteiger partial charge is 0.329 e. The van der Waals surface area contributed by atoms with Gasteiger partial charge in [0, 0.05) is 23.1 Å². The highest BCUT2D eigenvalue weighted by Crippen LogP contribution is 2.21. The van der Waals surface area contributed by atoms with Crippen LogP contribution in [0.3, 0.4) is 0 Å². The topological polar surface area (TPSA) is 109 Å².